The number of imide groups is 1. The van der Waals surface area contributed by atoms with Gasteiger partial charge in [0.15, 0.2) is 5.78 Å². The monoisotopic (exact) mass is 382 g/mol. The third-order valence-electron chi connectivity index (χ3n) is 6.03. The summed E-state index contributed by atoms with van der Waals surface area (Å²) in [6.45, 7) is 6.13. The largest absolute Gasteiger partial charge is 0.383 e. The van der Waals surface area contributed by atoms with Crippen molar-refractivity contribution in [3.05, 3.63) is 35.9 Å². The second-order valence-corrected chi connectivity index (χ2v) is 8.75. The van der Waals surface area contributed by atoms with Crippen molar-refractivity contribution in [1.82, 2.24) is 4.90 Å². The Morgan fingerprint density at radius 2 is 1.79 bits per heavy atom. The van der Waals surface area contributed by atoms with Crippen LogP contribution in [0.1, 0.15) is 26.3 Å². The van der Waals surface area contributed by atoms with E-state index in [4.69, 9.17) is 4.74 Å². The van der Waals surface area contributed by atoms with Crippen molar-refractivity contribution >= 4 is 29.4 Å². The highest BCUT2D eigenvalue weighted by atomic mass is 16.5. The molecule has 6 nitrogen and oxygen atoms in total. The topological polar surface area (TPSA) is 66.9 Å². The van der Waals surface area contributed by atoms with Crippen LogP contribution in [0.5, 0.6) is 0 Å². The molecular formula is C22H26N2O4. The Hall–Kier alpha value is -2.47. The Morgan fingerprint density at radius 1 is 1.11 bits per heavy atom. The van der Waals surface area contributed by atoms with Crippen LogP contribution in [0.15, 0.2) is 30.3 Å². The van der Waals surface area contributed by atoms with E-state index in [2.05, 4.69) is 0 Å². The van der Waals surface area contributed by atoms with Crippen molar-refractivity contribution in [3.63, 3.8) is 0 Å². The minimum absolute atomic E-state index is 0.00940. The number of carbonyl (C=O) groups is 3. The van der Waals surface area contributed by atoms with Crippen molar-refractivity contribution < 1.29 is 19.1 Å². The van der Waals surface area contributed by atoms with Gasteiger partial charge in [0.1, 0.15) is 6.04 Å². The van der Waals surface area contributed by atoms with Crippen LogP contribution in [-0.4, -0.2) is 54.8 Å². The first kappa shape index (κ1) is 18.9. The van der Waals surface area contributed by atoms with E-state index in [1.807, 2.05) is 62.1 Å². The summed E-state index contributed by atoms with van der Waals surface area (Å²) < 4.78 is 5.07. The van der Waals surface area contributed by atoms with Gasteiger partial charge in [0.2, 0.25) is 11.8 Å². The predicted octanol–water partition coefficient (Wildman–Crippen LogP) is 2.13. The molecule has 28 heavy (non-hydrogen) atoms. The van der Waals surface area contributed by atoms with Gasteiger partial charge >= 0.3 is 0 Å². The number of Topliss-reactive ketones (excluding diaryl/α,β-unsaturated/α-hetero) is 1. The van der Waals surface area contributed by atoms with Gasteiger partial charge in [-0.05, 0) is 11.6 Å². The summed E-state index contributed by atoms with van der Waals surface area (Å²) in [4.78, 5) is 43.2. The molecule has 2 amide bonds. The quantitative estimate of drug-likeness (QED) is 0.747. The molecule has 0 aliphatic carbocycles. The van der Waals surface area contributed by atoms with Gasteiger partial charge in [0, 0.05) is 18.2 Å². The maximum atomic E-state index is 13.5. The van der Waals surface area contributed by atoms with Crippen LogP contribution in [0.4, 0.5) is 5.69 Å². The molecule has 3 aliphatic heterocycles. The summed E-state index contributed by atoms with van der Waals surface area (Å²) in [5, 5.41) is 0. The van der Waals surface area contributed by atoms with Crippen LogP contribution in [0.3, 0.4) is 0 Å². The minimum atomic E-state index is -0.656. The third kappa shape index (κ3) is 2.62. The number of rotatable bonds is 4. The summed E-state index contributed by atoms with van der Waals surface area (Å²) in [5.41, 5.74) is 1.29. The van der Waals surface area contributed by atoms with Crippen LogP contribution in [0.2, 0.25) is 0 Å². The molecule has 0 bridgehead atoms. The van der Waals surface area contributed by atoms with E-state index in [9.17, 15) is 14.4 Å². The number of likely N-dealkylation sites (tertiary alicyclic amines) is 1. The average Bonchev–Trinajstić information content (AvgIpc) is 3.12. The molecule has 2 fully saturated rings. The molecule has 0 saturated carbocycles. The van der Waals surface area contributed by atoms with E-state index in [1.165, 1.54) is 4.90 Å². The smallest absolute Gasteiger partial charge is 0.235 e. The molecule has 0 aromatic heterocycles. The molecule has 0 unspecified atom stereocenters. The van der Waals surface area contributed by atoms with Crippen molar-refractivity contribution in [3.8, 4) is 0 Å². The lowest BCUT2D eigenvalue weighted by Crippen LogP contribution is -2.51. The van der Waals surface area contributed by atoms with Crippen molar-refractivity contribution in [1.29, 1.82) is 0 Å². The number of benzene rings is 1. The number of amides is 2. The Labute approximate surface area is 165 Å². The molecular weight excluding hydrogens is 356 g/mol. The molecule has 0 spiro atoms. The number of ketones is 1. The molecule has 3 aliphatic rings. The van der Waals surface area contributed by atoms with E-state index < -0.39 is 23.3 Å². The molecule has 1 aromatic rings. The standard InChI is InChI=1S/C22H26N2O4/c1-22(2,3)19(25)18-17-16(20(26)23(21(17)27)11-12-28-4)15-10-9-13-7-5-6-8-14(13)24(15)18/h5-10,15-18H,11-12H2,1-4H3/t15-,16-,17-,18-/m0/s1. The maximum absolute atomic E-state index is 13.5. The van der Waals surface area contributed by atoms with Crippen LogP contribution in [0, 0.1) is 17.3 Å². The molecule has 2 saturated heterocycles. The SMILES string of the molecule is COCCN1C(=O)[C@@H]2[C@H](C1=O)[C@@H](C(=O)C(C)(C)C)N1c3ccccc3C=C[C@@H]21. The molecule has 6 heteroatoms. The number of nitrogens with zero attached hydrogens (tertiary/aromatic N) is 2. The van der Waals surface area contributed by atoms with Gasteiger partial charge < -0.3 is 9.64 Å². The summed E-state index contributed by atoms with van der Waals surface area (Å²) in [5.74, 6) is -1.66. The zero-order chi connectivity index (χ0) is 20.2. The highest BCUT2D eigenvalue weighted by Crippen LogP contribution is 2.49. The number of ether oxygens (including phenoxy) is 1. The fourth-order valence-electron chi connectivity index (χ4n) is 4.72. The summed E-state index contributed by atoms with van der Waals surface area (Å²) >= 11 is 0. The minimum Gasteiger partial charge on any atom is -0.383 e. The van der Waals surface area contributed by atoms with Crippen LogP contribution < -0.4 is 4.90 Å². The summed E-state index contributed by atoms with van der Waals surface area (Å²) in [7, 11) is 1.54. The zero-order valence-corrected chi connectivity index (χ0v) is 16.7. The van der Waals surface area contributed by atoms with E-state index in [0.717, 1.165) is 11.3 Å². The van der Waals surface area contributed by atoms with Gasteiger partial charge in [-0.15, -0.1) is 0 Å². The first-order valence-corrected chi connectivity index (χ1v) is 9.71. The van der Waals surface area contributed by atoms with E-state index in [1.54, 1.807) is 7.11 Å². The molecule has 148 valence electrons. The van der Waals surface area contributed by atoms with Crippen molar-refractivity contribution in [2.45, 2.75) is 32.9 Å². The summed E-state index contributed by atoms with van der Waals surface area (Å²) in [6, 6.07) is 6.89. The fraction of sp³-hybridized carbons (Fsp3) is 0.500. The lowest BCUT2D eigenvalue weighted by atomic mass is 9.79. The lowest BCUT2D eigenvalue weighted by Gasteiger charge is -2.38. The third-order valence-corrected chi connectivity index (χ3v) is 6.03. The van der Waals surface area contributed by atoms with Crippen LogP contribution in [0.25, 0.3) is 6.08 Å². The molecule has 4 rings (SSSR count). The Morgan fingerprint density at radius 3 is 2.46 bits per heavy atom. The number of anilines is 1. The van der Waals surface area contributed by atoms with Gasteiger partial charge in [0.05, 0.1) is 31.0 Å². The second kappa shape index (κ2) is 6.55. The lowest BCUT2D eigenvalue weighted by molar-refractivity contribution is -0.142. The van der Waals surface area contributed by atoms with Crippen molar-refractivity contribution in [2.24, 2.45) is 17.3 Å². The van der Waals surface area contributed by atoms with Gasteiger partial charge in [-0.2, -0.15) is 0 Å². The highest BCUT2D eigenvalue weighted by Gasteiger charge is 2.64. The fourth-order valence-corrected chi connectivity index (χ4v) is 4.72. The Balaban J connectivity index is 1.82. The normalized spacial score (nSPS) is 28.4. The first-order valence-electron chi connectivity index (χ1n) is 9.71. The average molecular weight is 382 g/mol. The molecule has 3 heterocycles. The van der Waals surface area contributed by atoms with Gasteiger partial charge in [-0.3, -0.25) is 19.3 Å². The molecule has 0 radical (unpaired) electrons. The van der Waals surface area contributed by atoms with E-state index in [-0.39, 0.29) is 30.2 Å². The number of methoxy groups -OCH3 is 1. The van der Waals surface area contributed by atoms with E-state index >= 15 is 0 Å². The number of carbonyl (C=O) groups excluding carboxylic acids is 3. The van der Waals surface area contributed by atoms with Crippen LogP contribution >= 0.6 is 0 Å². The molecule has 1 aromatic carbocycles. The maximum Gasteiger partial charge on any atom is 0.235 e. The van der Waals surface area contributed by atoms with Gasteiger partial charge in [-0.1, -0.05) is 51.1 Å². The number of para-hydroxylation sites is 1. The highest BCUT2D eigenvalue weighted by molar-refractivity contribution is 6.11. The van der Waals surface area contributed by atoms with Crippen molar-refractivity contribution in [2.75, 3.05) is 25.2 Å². The predicted molar refractivity (Wildman–Crippen MR) is 106 cm³/mol. The molecule has 0 N–H and O–H groups in total. The second-order valence-electron chi connectivity index (χ2n) is 8.75. The number of fused-ring (bicyclic) bond motifs is 5. The number of hydrogen-bond donors (Lipinski definition) is 0. The van der Waals surface area contributed by atoms with E-state index in [0.29, 0.717) is 6.61 Å². The van der Waals surface area contributed by atoms with Crippen LogP contribution in [-0.2, 0) is 19.1 Å². The Bertz CT molecular complexity index is 870. The van der Waals surface area contributed by atoms with Gasteiger partial charge in [0.25, 0.3) is 0 Å². The van der Waals surface area contributed by atoms with Gasteiger partial charge in [-0.25, -0.2) is 0 Å². The first-order chi connectivity index (χ1) is 13.3. The molecule has 4 atom stereocenters. The zero-order valence-electron chi connectivity index (χ0n) is 16.7. The number of hydrogen-bond acceptors (Lipinski definition) is 5. The summed E-state index contributed by atoms with van der Waals surface area (Å²) in [6.07, 6.45) is 3.97. The Kier molecular flexibility index (Phi) is 4.42.